The summed E-state index contributed by atoms with van der Waals surface area (Å²) in [6.07, 6.45) is 2.10. The van der Waals surface area contributed by atoms with E-state index < -0.39 is 20.5 Å². The zero-order valence-corrected chi connectivity index (χ0v) is 11.7. The van der Waals surface area contributed by atoms with Gasteiger partial charge in [-0.2, -0.15) is 0 Å². The van der Waals surface area contributed by atoms with Crippen LogP contribution in [0.5, 0.6) is 0 Å². The summed E-state index contributed by atoms with van der Waals surface area (Å²) in [5.74, 6) is 0. The summed E-state index contributed by atoms with van der Waals surface area (Å²) in [6, 6.07) is 0. The Balaban J connectivity index is 0.00000169. The molecule has 0 heterocycles. The fourth-order valence-corrected chi connectivity index (χ4v) is 3.10. The van der Waals surface area contributed by atoms with Crippen LogP contribution in [0, 0.1) is 5.41 Å². The molecular formula is C8H15NaO4S. The van der Waals surface area contributed by atoms with Crippen molar-refractivity contribution < 1.29 is 47.6 Å². The van der Waals surface area contributed by atoms with E-state index in [1.807, 2.05) is 0 Å². The van der Waals surface area contributed by atoms with E-state index in [1.165, 1.54) is 0 Å². The number of hydrogen-bond donors (Lipinski definition) is 1. The van der Waals surface area contributed by atoms with Crippen LogP contribution >= 0.6 is 0 Å². The molecule has 4 nitrogen and oxygen atoms in total. The largest absolute Gasteiger partial charge is 1.00 e. The van der Waals surface area contributed by atoms with Gasteiger partial charge in [0.15, 0.2) is 4.93 Å². The van der Waals surface area contributed by atoms with Gasteiger partial charge in [-0.05, 0) is 19.3 Å². The van der Waals surface area contributed by atoms with Gasteiger partial charge < -0.3 is 9.66 Å². The maximum absolute atomic E-state index is 10.9. The molecule has 0 bridgehead atoms. The van der Waals surface area contributed by atoms with Crippen LogP contribution in [0.3, 0.4) is 0 Å². The van der Waals surface area contributed by atoms with Gasteiger partial charge in [-0.1, -0.05) is 20.3 Å². The van der Waals surface area contributed by atoms with Crippen molar-refractivity contribution >= 4 is 10.1 Å². The Hall–Kier alpha value is 0.870. The molecule has 1 fully saturated rings. The zero-order chi connectivity index (χ0) is 10.3. The molecule has 1 aliphatic carbocycles. The van der Waals surface area contributed by atoms with Gasteiger partial charge >= 0.3 is 29.6 Å². The minimum absolute atomic E-state index is 0. The minimum atomic E-state index is -4.63. The van der Waals surface area contributed by atoms with Crippen LogP contribution in [0.2, 0.25) is 0 Å². The van der Waals surface area contributed by atoms with Crippen LogP contribution in [0.25, 0.3) is 0 Å². The Labute approximate surface area is 107 Å². The molecule has 78 valence electrons. The van der Waals surface area contributed by atoms with E-state index in [-0.39, 0.29) is 36.0 Å². The van der Waals surface area contributed by atoms with Crippen LogP contribution in [-0.4, -0.2) is 23.0 Å². The summed E-state index contributed by atoms with van der Waals surface area (Å²) in [5.41, 5.74) is -0.828. The molecule has 0 amide bonds. The average molecular weight is 230 g/mol. The van der Waals surface area contributed by atoms with Crippen LogP contribution in [0.1, 0.15) is 39.5 Å². The first kappa shape index (κ1) is 14.9. The normalized spacial score (nSPS) is 32.0. The summed E-state index contributed by atoms with van der Waals surface area (Å²) in [4.78, 5) is -2.07. The van der Waals surface area contributed by atoms with E-state index in [0.717, 1.165) is 6.42 Å². The SMILES string of the molecule is CC1(C)CCCCC1(O)S(=O)(=O)[O-].[Na+]. The molecule has 1 saturated carbocycles. The summed E-state index contributed by atoms with van der Waals surface area (Å²) in [7, 11) is -4.63. The summed E-state index contributed by atoms with van der Waals surface area (Å²) < 4.78 is 32.8. The molecule has 0 saturated heterocycles. The molecule has 0 spiro atoms. The number of aliphatic hydroxyl groups is 1. The molecule has 1 unspecified atom stereocenters. The van der Waals surface area contributed by atoms with Crippen LogP contribution in [-0.2, 0) is 10.1 Å². The van der Waals surface area contributed by atoms with Crippen molar-refractivity contribution in [2.45, 2.75) is 44.5 Å². The zero-order valence-electron chi connectivity index (χ0n) is 8.91. The Kier molecular flexibility index (Phi) is 4.67. The van der Waals surface area contributed by atoms with Gasteiger partial charge in [-0.25, -0.2) is 8.42 Å². The second-order valence-corrected chi connectivity index (χ2v) is 5.91. The smallest absolute Gasteiger partial charge is 0.746 e. The second kappa shape index (κ2) is 4.39. The van der Waals surface area contributed by atoms with E-state index in [9.17, 15) is 18.1 Å². The Morgan fingerprint density at radius 2 is 1.64 bits per heavy atom. The van der Waals surface area contributed by atoms with Gasteiger partial charge in [0.25, 0.3) is 0 Å². The van der Waals surface area contributed by atoms with Crippen molar-refractivity contribution in [3.05, 3.63) is 0 Å². The molecule has 0 aromatic carbocycles. The van der Waals surface area contributed by atoms with Gasteiger partial charge in [0.2, 0.25) is 0 Å². The van der Waals surface area contributed by atoms with Crippen molar-refractivity contribution in [1.82, 2.24) is 0 Å². The first-order valence-electron chi connectivity index (χ1n) is 4.38. The van der Waals surface area contributed by atoms with Crippen molar-refractivity contribution in [2.75, 3.05) is 0 Å². The van der Waals surface area contributed by atoms with Crippen molar-refractivity contribution in [1.29, 1.82) is 0 Å². The minimum Gasteiger partial charge on any atom is -0.746 e. The van der Waals surface area contributed by atoms with Crippen molar-refractivity contribution in [3.8, 4) is 0 Å². The molecule has 14 heavy (non-hydrogen) atoms. The third kappa shape index (κ3) is 2.33. The molecule has 0 aromatic heterocycles. The van der Waals surface area contributed by atoms with Crippen molar-refractivity contribution in [2.24, 2.45) is 5.41 Å². The van der Waals surface area contributed by atoms with Gasteiger partial charge in [-0.3, -0.25) is 0 Å². The van der Waals surface area contributed by atoms with Gasteiger partial charge in [0, 0.05) is 5.41 Å². The number of hydrogen-bond acceptors (Lipinski definition) is 4. The molecule has 6 heteroatoms. The van der Waals surface area contributed by atoms with E-state index in [2.05, 4.69) is 0 Å². The third-order valence-corrected chi connectivity index (χ3v) is 4.62. The third-order valence-electron chi connectivity index (χ3n) is 3.04. The molecule has 1 rings (SSSR count). The molecule has 0 aliphatic heterocycles. The molecule has 1 aliphatic rings. The average Bonchev–Trinajstić information content (AvgIpc) is 1.93. The summed E-state index contributed by atoms with van der Waals surface area (Å²) in [6.45, 7) is 3.25. The van der Waals surface area contributed by atoms with Gasteiger partial charge in [0.05, 0.1) is 0 Å². The molecule has 1 atom stereocenters. The number of rotatable bonds is 1. The van der Waals surface area contributed by atoms with Crippen LogP contribution in [0.4, 0.5) is 0 Å². The van der Waals surface area contributed by atoms with E-state index >= 15 is 0 Å². The Morgan fingerprint density at radius 3 is 1.93 bits per heavy atom. The van der Waals surface area contributed by atoms with E-state index in [0.29, 0.717) is 12.8 Å². The topological polar surface area (TPSA) is 77.4 Å². The molecular weight excluding hydrogens is 215 g/mol. The first-order chi connectivity index (χ1) is 5.71. The first-order valence-corrected chi connectivity index (χ1v) is 5.79. The second-order valence-electron chi connectivity index (χ2n) is 4.33. The summed E-state index contributed by atoms with van der Waals surface area (Å²) >= 11 is 0. The summed E-state index contributed by atoms with van der Waals surface area (Å²) in [5, 5.41) is 9.84. The maximum atomic E-state index is 10.9. The van der Waals surface area contributed by atoms with Gasteiger partial charge in [-0.15, -0.1) is 0 Å². The van der Waals surface area contributed by atoms with E-state index in [4.69, 9.17) is 0 Å². The monoisotopic (exact) mass is 230 g/mol. The Bertz CT molecular complexity index is 298. The van der Waals surface area contributed by atoms with Crippen molar-refractivity contribution in [3.63, 3.8) is 0 Å². The molecule has 0 radical (unpaired) electrons. The molecule has 0 aromatic rings. The Morgan fingerprint density at radius 1 is 1.21 bits per heavy atom. The standard InChI is InChI=1S/C8H16O4S.Na/c1-7(2)5-3-4-6-8(7,9)13(10,11)12;/h9H,3-6H2,1-2H3,(H,10,11,12);/q;+1/p-1. The van der Waals surface area contributed by atoms with Gasteiger partial charge in [0.1, 0.15) is 10.1 Å². The predicted octanol–water partition coefficient (Wildman–Crippen LogP) is -2.18. The predicted molar refractivity (Wildman–Crippen MR) is 46.9 cm³/mol. The molecule has 1 N–H and O–H groups in total. The fourth-order valence-electron chi connectivity index (χ4n) is 1.93. The van der Waals surface area contributed by atoms with Crippen LogP contribution < -0.4 is 29.6 Å². The van der Waals surface area contributed by atoms with Crippen LogP contribution in [0.15, 0.2) is 0 Å². The quantitative estimate of drug-likeness (QED) is 0.410. The van der Waals surface area contributed by atoms with E-state index in [1.54, 1.807) is 13.8 Å². The fraction of sp³-hybridized carbons (Fsp3) is 1.00. The maximum Gasteiger partial charge on any atom is 1.00 e.